The highest BCUT2D eigenvalue weighted by Crippen LogP contribution is 2.29. The number of nitrogens with one attached hydrogen (secondary N) is 1. The number of aromatic nitrogens is 3. The first kappa shape index (κ1) is 14.5. The molecule has 0 spiro atoms. The van der Waals surface area contributed by atoms with E-state index in [1.54, 1.807) is 11.3 Å². The lowest BCUT2D eigenvalue weighted by Gasteiger charge is -2.15. The Bertz CT molecular complexity index is 561. The predicted octanol–water partition coefficient (Wildman–Crippen LogP) is 2.90. The first-order chi connectivity index (χ1) is 9.08. The van der Waals surface area contributed by atoms with Crippen molar-refractivity contribution in [3.8, 4) is 0 Å². The van der Waals surface area contributed by atoms with Gasteiger partial charge in [0.15, 0.2) is 0 Å². The lowest BCUT2D eigenvalue weighted by atomic mass is 10.1. The first-order valence-corrected chi connectivity index (χ1v) is 7.61. The summed E-state index contributed by atoms with van der Waals surface area (Å²) >= 11 is 8.09. The van der Waals surface area contributed by atoms with Gasteiger partial charge in [-0.15, -0.1) is 11.3 Å². The molecular formula is C13H19ClN4S. The molecule has 0 aliphatic carbocycles. The van der Waals surface area contributed by atoms with Crippen LogP contribution in [0.4, 0.5) is 0 Å². The van der Waals surface area contributed by atoms with Crippen molar-refractivity contribution in [2.75, 3.05) is 7.05 Å². The zero-order chi connectivity index (χ0) is 14.0. The molecule has 0 aliphatic heterocycles. The van der Waals surface area contributed by atoms with Crippen molar-refractivity contribution in [1.82, 2.24) is 20.1 Å². The van der Waals surface area contributed by atoms with Crippen LogP contribution in [-0.4, -0.2) is 21.8 Å². The van der Waals surface area contributed by atoms with E-state index < -0.39 is 0 Å². The Hall–Kier alpha value is -0.910. The lowest BCUT2D eigenvalue weighted by Crippen LogP contribution is -2.20. The molecule has 2 heterocycles. The molecule has 1 unspecified atom stereocenters. The molecule has 0 fully saturated rings. The van der Waals surface area contributed by atoms with Gasteiger partial charge in [0.2, 0.25) is 0 Å². The Morgan fingerprint density at radius 2 is 2.26 bits per heavy atom. The van der Waals surface area contributed by atoms with Crippen LogP contribution in [0.3, 0.4) is 0 Å². The zero-order valence-corrected chi connectivity index (χ0v) is 13.3. The molecule has 0 aromatic carbocycles. The van der Waals surface area contributed by atoms with Crippen molar-refractivity contribution in [3.63, 3.8) is 0 Å². The zero-order valence-electron chi connectivity index (χ0n) is 11.7. The van der Waals surface area contributed by atoms with Crippen LogP contribution in [0.2, 0.25) is 5.02 Å². The van der Waals surface area contributed by atoms with Crippen LogP contribution < -0.4 is 5.32 Å². The second-order valence-corrected chi connectivity index (χ2v) is 5.80. The van der Waals surface area contributed by atoms with E-state index in [1.807, 2.05) is 31.2 Å². The van der Waals surface area contributed by atoms with E-state index in [0.717, 1.165) is 34.9 Å². The van der Waals surface area contributed by atoms with Gasteiger partial charge >= 0.3 is 0 Å². The molecule has 0 saturated carbocycles. The van der Waals surface area contributed by atoms with Crippen LogP contribution >= 0.6 is 22.9 Å². The SMILES string of the molecule is CCc1nn(C)c(CC(NC)c2scnc2C)c1Cl. The van der Waals surface area contributed by atoms with Crippen molar-refractivity contribution in [2.24, 2.45) is 7.05 Å². The summed E-state index contributed by atoms with van der Waals surface area (Å²) in [5.41, 5.74) is 5.01. The van der Waals surface area contributed by atoms with Crippen LogP contribution in [0.15, 0.2) is 5.51 Å². The van der Waals surface area contributed by atoms with Crippen molar-refractivity contribution < 1.29 is 0 Å². The van der Waals surface area contributed by atoms with Gasteiger partial charge in [0.1, 0.15) is 0 Å². The summed E-state index contributed by atoms with van der Waals surface area (Å²) < 4.78 is 1.89. The van der Waals surface area contributed by atoms with Crippen molar-refractivity contribution in [3.05, 3.63) is 32.5 Å². The predicted molar refractivity (Wildman–Crippen MR) is 80.0 cm³/mol. The topological polar surface area (TPSA) is 42.7 Å². The number of hydrogen-bond donors (Lipinski definition) is 1. The molecule has 1 atom stereocenters. The van der Waals surface area contributed by atoms with Gasteiger partial charge in [0.05, 0.1) is 27.6 Å². The van der Waals surface area contributed by atoms with Gasteiger partial charge in [-0.1, -0.05) is 18.5 Å². The number of rotatable bonds is 5. The van der Waals surface area contributed by atoms with Crippen LogP contribution in [0, 0.1) is 6.92 Å². The lowest BCUT2D eigenvalue weighted by molar-refractivity contribution is 0.565. The second-order valence-electron chi connectivity index (χ2n) is 4.53. The summed E-state index contributed by atoms with van der Waals surface area (Å²) in [6.07, 6.45) is 1.68. The van der Waals surface area contributed by atoms with Gasteiger partial charge < -0.3 is 5.32 Å². The molecule has 2 aromatic heterocycles. The van der Waals surface area contributed by atoms with Gasteiger partial charge in [-0.05, 0) is 20.4 Å². The number of hydrogen-bond acceptors (Lipinski definition) is 4. The fourth-order valence-corrected chi connectivity index (χ4v) is 3.49. The summed E-state index contributed by atoms with van der Waals surface area (Å²) in [5.74, 6) is 0. The molecule has 1 N–H and O–H groups in total. The highest BCUT2D eigenvalue weighted by Gasteiger charge is 2.20. The highest BCUT2D eigenvalue weighted by atomic mass is 35.5. The third kappa shape index (κ3) is 2.83. The first-order valence-electron chi connectivity index (χ1n) is 6.35. The van der Waals surface area contributed by atoms with Gasteiger partial charge in [0, 0.05) is 24.4 Å². The number of halogens is 1. The molecule has 6 heteroatoms. The molecule has 0 bridgehead atoms. The van der Waals surface area contributed by atoms with E-state index in [0.29, 0.717) is 0 Å². The standard InChI is InChI=1S/C13H19ClN4S/c1-5-9-12(14)11(18(4)17-9)6-10(15-3)13-8(2)16-7-19-13/h7,10,15H,5-6H2,1-4H3. The minimum atomic E-state index is 0.227. The van der Waals surface area contributed by atoms with Crippen molar-refractivity contribution >= 4 is 22.9 Å². The van der Waals surface area contributed by atoms with E-state index >= 15 is 0 Å². The van der Waals surface area contributed by atoms with E-state index in [-0.39, 0.29) is 6.04 Å². The Balaban J connectivity index is 2.29. The van der Waals surface area contributed by atoms with Crippen LogP contribution in [0.5, 0.6) is 0 Å². The summed E-state index contributed by atoms with van der Waals surface area (Å²) in [5, 5.41) is 8.61. The van der Waals surface area contributed by atoms with Crippen LogP contribution in [-0.2, 0) is 19.9 Å². The molecule has 2 aromatic rings. The monoisotopic (exact) mass is 298 g/mol. The van der Waals surface area contributed by atoms with Gasteiger partial charge in [-0.3, -0.25) is 4.68 Å². The molecule has 0 aliphatic rings. The Labute approximate surface area is 122 Å². The highest BCUT2D eigenvalue weighted by molar-refractivity contribution is 7.09. The van der Waals surface area contributed by atoms with Gasteiger partial charge in [-0.25, -0.2) is 4.98 Å². The minimum absolute atomic E-state index is 0.227. The average Bonchev–Trinajstić information content (AvgIpc) is 2.93. The Kier molecular flexibility index (Phi) is 4.60. The van der Waals surface area contributed by atoms with Crippen LogP contribution in [0.25, 0.3) is 0 Å². The number of nitrogens with zero attached hydrogens (tertiary/aromatic N) is 3. The number of likely N-dealkylation sites (N-methyl/N-ethyl adjacent to an activating group) is 1. The number of thiazole rings is 1. The third-order valence-corrected chi connectivity index (χ3v) is 4.83. The molecule has 19 heavy (non-hydrogen) atoms. The second kappa shape index (κ2) is 6.03. The Morgan fingerprint density at radius 3 is 2.74 bits per heavy atom. The summed E-state index contributed by atoms with van der Waals surface area (Å²) in [4.78, 5) is 5.58. The molecule has 2 rings (SSSR count). The Morgan fingerprint density at radius 1 is 1.53 bits per heavy atom. The largest absolute Gasteiger partial charge is 0.312 e. The van der Waals surface area contributed by atoms with Gasteiger partial charge in [0.25, 0.3) is 0 Å². The average molecular weight is 299 g/mol. The summed E-state index contributed by atoms with van der Waals surface area (Å²) in [6, 6.07) is 0.227. The molecule has 104 valence electrons. The smallest absolute Gasteiger partial charge is 0.0850 e. The van der Waals surface area contributed by atoms with Crippen molar-refractivity contribution in [1.29, 1.82) is 0 Å². The maximum Gasteiger partial charge on any atom is 0.0850 e. The summed E-state index contributed by atoms with van der Waals surface area (Å²) in [6.45, 7) is 4.11. The molecule has 4 nitrogen and oxygen atoms in total. The van der Waals surface area contributed by atoms with Gasteiger partial charge in [-0.2, -0.15) is 5.10 Å². The molecular weight excluding hydrogens is 280 g/mol. The third-order valence-electron chi connectivity index (χ3n) is 3.35. The molecule has 0 amide bonds. The van der Waals surface area contributed by atoms with E-state index in [9.17, 15) is 0 Å². The molecule has 0 radical (unpaired) electrons. The maximum absolute atomic E-state index is 6.41. The van der Waals surface area contributed by atoms with E-state index in [4.69, 9.17) is 11.6 Å². The quantitative estimate of drug-likeness (QED) is 0.923. The minimum Gasteiger partial charge on any atom is -0.312 e. The van der Waals surface area contributed by atoms with E-state index in [2.05, 4.69) is 22.3 Å². The van der Waals surface area contributed by atoms with E-state index in [1.165, 1.54) is 4.88 Å². The fourth-order valence-electron chi connectivity index (χ4n) is 2.21. The van der Waals surface area contributed by atoms with Crippen molar-refractivity contribution in [2.45, 2.75) is 32.7 Å². The molecule has 0 saturated heterocycles. The summed E-state index contributed by atoms with van der Waals surface area (Å²) in [7, 11) is 3.92. The number of aryl methyl sites for hydroxylation is 3. The maximum atomic E-state index is 6.41. The fraction of sp³-hybridized carbons (Fsp3) is 0.538. The van der Waals surface area contributed by atoms with Crippen LogP contribution in [0.1, 0.15) is 34.9 Å². The normalized spacial score (nSPS) is 12.9.